The van der Waals surface area contributed by atoms with Crippen molar-refractivity contribution < 1.29 is 14.3 Å². The van der Waals surface area contributed by atoms with Crippen LogP contribution in [0.2, 0.25) is 5.02 Å². The normalized spacial score (nSPS) is 10.6. The molecular weight excluding hydrogens is 290 g/mol. The lowest BCUT2D eigenvalue weighted by Gasteiger charge is -2.07. The molecule has 0 unspecified atom stereocenters. The van der Waals surface area contributed by atoms with Gasteiger partial charge in [0.15, 0.2) is 0 Å². The highest BCUT2D eigenvalue weighted by atomic mass is 35.5. The first kappa shape index (κ1) is 15.2. The highest BCUT2D eigenvalue weighted by Crippen LogP contribution is 2.25. The molecule has 2 rings (SSSR count). The van der Waals surface area contributed by atoms with Crippen molar-refractivity contribution in [3.63, 3.8) is 0 Å². The van der Waals surface area contributed by atoms with Gasteiger partial charge in [-0.05, 0) is 49.4 Å². The van der Waals surface area contributed by atoms with Crippen molar-refractivity contribution in [2.45, 2.75) is 6.92 Å². The summed E-state index contributed by atoms with van der Waals surface area (Å²) in [5, 5.41) is 4.34. The summed E-state index contributed by atoms with van der Waals surface area (Å²) >= 11 is 5.91. The van der Waals surface area contributed by atoms with E-state index in [2.05, 4.69) is 5.16 Å². The SMILES string of the molecule is CCO/N=C/COc1ccc(Oc2cccc(Cl)c2)cc1. The van der Waals surface area contributed by atoms with E-state index in [9.17, 15) is 0 Å². The predicted molar refractivity (Wildman–Crippen MR) is 83.6 cm³/mol. The monoisotopic (exact) mass is 305 g/mol. The number of rotatable bonds is 7. The Labute approximate surface area is 128 Å². The van der Waals surface area contributed by atoms with Crippen molar-refractivity contribution in [1.29, 1.82) is 0 Å². The van der Waals surface area contributed by atoms with Crippen molar-refractivity contribution >= 4 is 17.8 Å². The molecule has 4 nitrogen and oxygen atoms in total. The highest BCUT2D eigenvalue weighted by Gasteiger charge is 1.99. The Morgan fingerprint density at radius 1 is 1.05 bits per heavy atom. The smallest absolute Gasteiger partial charge is 0.128 e. The fraction of sp³-hybridized carbons (Fsp3) is 0.188. The molecular formula is C16H16ClNO3. The van der Waals surface area contributed by atoms with Crippen LogP contribution in [0.4, 0.5) is 0 Å². The van der Waals surface area contributed by atoms with Crippen LogP contribution in [-0.2, 0) is 4.84 Å². The second-order valence-corrected chi connectivity index (χ2v) is 4.48. The molecule has 0 bridgehead atoms. The molecule has 0 saturated carbocycles. The van der Waals surface area contributed by atoms with E-state index in [0.29, 0.717) is 29.7 Å². The molecule has 0 atom stereocenters. The quantitative estimate of drug-likeness (QED) is 0.557. The molecule has 2 aromatic carbocycles. The fourth-order valence-corrected chi connectivity index (χ4v) is 1.74. The molecule has 0 spiro atoms. The van der Waals surface area contributed by atoms with Gasteiger partial charge in [0.2, 0.25) is 0 Å². The molecule has 0 aromatic heterocycles. The second-order valence-electron chi connectivity index (χ2n) is 4.05. The van der Waals surface area contributed by atoms with Gasteiger partial charge < -0.3 is 14.3 Å². The third kappa shape index (κ3) is 5.36. The second kappa shape index (κ2) is 8.17. The summed E-state index contributed by atoms with van der Waals surface area (Å²) in [4.78, 5) is 4.83. The van der Waals surface area contributed by atoms with E-state index in [0.717, 1.165) is 5.75 Å². The number of benzene rings is 2. The highest BCUT2D eigenvalue weighted by molar-refractivity contribution is 6.30. The Morgan fingerprint density at radius 2 is 1.81 bits per heavy atom. The molecule has 0 fully saturated rings. The van der Waals surface area contributed by atoms with Gasteiger partial charge in [-0.25, -0.2) is 0 Å². The number of hydrogen-bond donors (Lipinski definition) is 0. The average molecular weight is 306 g/mol. The van der Waals surface area contributed by atoms with Crippen LogP contribution in [-0.4, -0.2) is 19.4 Å². The van der Waals surface area contributed by atoms with Crippen LogP contribution in [0.5, 0.6) is 17.2 Å². The minimum atomic E-state index is 0.356. The zero-order valence-corrected chi connectivity index (χ0v) is 12.4. The zero-order chi connectivity index (χ0) is 14.9. The van der Waals surface area contributed by atoms with E-state index in [1.54, 1.807) is 18.3 Å². The lowest BCUT2D eigenvalue weighted by Crippen LogP contribution is -1.98. The minimum absolute atomic E-state index is 0.356. The van der Waals surface area contributed by atoms with Crippen LogP contribution >= 0.6 is 11.6 Å². The summed E-state index contributed by atoms with van der Waals surface area (Å²) in [5.74, 6) is 2.14. The average Bonchev–Trinajstić information content (AvgIpc) is 2.49. The van der Waals surface area contributed by atoms with Gasteiger partial charge in [-0.15, -0.1) is 0 Å². The summed E-state index contributed by atoms with van der Waals surface area (Å²) in [6, 6.07) is 14.6. The van der Waals surface area contributed by atoms with Crippen LogP contribution < -0.4 is 9.47 Å². The first-order valence-electron chi connectivity index (χ1n) is 6.58. The molecule has 110 valence electrons. The molecule has 2 aromatic rings. The third-order valence-electron chi connectivity index (χ3n) is 2.46. The molecule has 0 aliphatic carbocycles. The van der Waals surface area contributed by atoms with Gasteiger partial charge >= 0.3 is 0 Å². The molecule has 0 N–H and O–H groups in total. The van der Waals surface area contributed by atoms with Gasteiger partial charge in [0.1, 0.15) is 30.5 Å². The van der Waals surface area contributed by atoms with Crippen molar-refractivity contribution in [3.05, 3.63) is 53.6 Å². The van der Waals surface area contributed by atoms with E-state index in [1.165, 1.54) is 0 Å². The maximum absolute atomic E-state index is 5.91. The van der Waals surface area contributed by atoms with Gasteiger partial charge in [0.05, 0.1) is 6.21 Å². The summed E-state index contributed by atoms with van der Waals surface area (Å²) in [5.41, 5.74) is 0. The van der Waals surface area contributed by atoms with Crippen LogP contribution in [0.3, 0.4) is 0 Å². The first-order chi connectivity index (χ1) is 10.3. The predicted octanol–water partition coefficient (Wildman–Crippen LogP) is 4.53. The Bertz CT molecular complexity index is 584. The van der Waals surface area contributed by atoms with E-state index >= 15 is 0 Å². The number of ether oxygens (including phenoxy) is 2. The van der Waals surface area contributed by atoms with Crippen LogP contribution in [0, 0.1) is 0 Å². The molecule has 5 heteroatoms. The topological polar surface area (TPSA) is 40.0 Å². The molecule has 21 heavy (non-hydrogen) atoms. The lowest BCUT2D eigenvalue weighted by atomic mass is 10.3. The first-order valence-corrected chi connectivity index (χ1v) is 6.96. The molecule has 0 heterocycles. The fourth-order valence-electron chi connectivity index (χ4n) is 1.56. The third-order valence-corrected chi connectivity index (χ3v) is 2.69. The number of oxime groups is 1. The van der Waals surface area contributed by atoms with Crippen molar-refractivity contribution in [3.8, 4) is 17.2 Å². The largest absolute Gasteiger partial charge is 0.488 e. The maximum Gasteiger partial charge on any atom is 0.128 e. The Balaban J connectivity index is 1.87. The molecule has 0 radical (unpaired) electrons. The Kier molecular flexibility index (Phi) is 5.91. The number of hydrogen-bond acceptors (Lipinski definition) is 4. The van der Waals surface area contributed by atoms with E-state index in [4.69, 9.17) is 25.9 Å². The van der Waals surface area contributed by atoms with Crippen LogP contribution in [0.15, 0.2) is 53.7 Å². The maximum atomic E-state index is 5.91. The Hall–Kier alpha value is -2.20. The van der Waals surface area contributed by atoms with Gasteiger partial charge in [-0.1, -0.05) is 22.8 Å². The standard InChI is InChI=1S/C16H16ClNO3/c1-2-20-18-10-11-19-14-6-8-15(9-7-14)21-16-5-3-4-13(17)12-16/h3-10,12H,2,11H2,1H3/b18-10+. The molecule has 0 aliphatic rings. The van der Waals surface area contributed by atoms with Crippen LogP contribution in [0.1, 0.15) is 6.92 Å². The zero-order valence-electron chi connectivity index (χ0n) is 11.7. The van der Waals surface area contributed by atoms with E-state index in [1.807, 2.05) is 43.3 Å². The summed E-state index contributed by atoms with van der Waals surface area (Å²) < 4.78 is 11.2. The number of halogens is 1. The van der Waals surface area contributed by atoms with E-state index in [-0.39, 0.29) is 0 Å². The molecule has 0 aliphatic heterocycles. The summed E-state index contributed by atoms with van der Waals surface area (Å²) in [6.45, 7) is 2.78. The molecule has 0 amide bonds. The lowest BCUT2D eigenvalue weighted by molar-refractivity contribution is 0.158. The Morgan fingerprint density at radius 3 is 2.52 bits per heavy atom. The van der Waals surface area contributed by atoms with Gasteiger partial charge in [-0.2, -0.15) is 0 Å². The number of nitrogens with zero attached hydrogens (tertiary/aromatic N) is 1. The van der Waals surface area contributed by atoms with Gasteiger partial charge in [0.25, 0.3) is 0 Å². The van der Waals surface area contributed by atoms with Crippen molar-refractivity contribution in [2.75, 3.05) is 13.2 Å². The van der Waals surface area contributed by atoms with Gasteiger partial charge in [0, 0.05) is 5.02 Å². The van der Waals surface area contributed by atoms with Crippen LogP contribution in [0.25, 0.3) is 0 Å². The molecule has 0 saturated heterocycles. The van der Waals surface area contributed by atoms with Crippen molar-refractivity contribution in [2.24, 2.45) is 5.16 Å². The summed E-state index contributed by atoms with van der Waals surface area (Å²) in [7, 11) is 0. The van der Waals surface area contributed by atoms with Crippen molar-refractivity contribution in [1.82, 2.24) is 0 Å². The van der Waals surface area contributed by atoms with Gasteiger partial charge in [-0.3, -0.25) is 0 Å². The van der Waals surface area contributed by atoms with E-state index < -0.39 is 0 Å². The minimum Gasteiger partial charge on any atom is -0.488 e. The summed E-state index contributed by atoms with van der Waals surface area (Å²) in [6.07, 6.45) is 1.57.